The normalized spacial score (nSPS) is 10.6. The molecule has 2 aromatic heterocycles. The Hall–Kier alpha value is -3.93. The lowest BCUT2D eigenvalue weighted by molar-refractivity contribution is -0.115. The van der Waals surface area contributed by atoms with Crippen molar-refractivity contribution in [2.75, 3.05) is 5.32 Å². The maximum absolute atomic E-state index is 12.6. The average molecular weight is 398 g/mol. The van der Waals surface area contributed by atoms with E-state index in [2.05, 4.69) is 15.4 Å². The quantitative estimate of drug-likeness (QED) is 0.504. The zero-order chi connectivity index (χ0) is 20.9. The Bertz CT molecular complexity index is 1140. The van der Waals surface area contributed by atoms with E-state index in [-0.39, 0.29) is 12.3 Å². The molecular weight excluding hydrogens is 376 g/mol. The first kappa shape index (κ1) is 19.4. The number of carbonyl (C=O) groups excluding carboxylic acids is 1. The maximum Gasteiger partial charge on any atom is 0.228 e. The summed E-state index contributed by atoms with van der Waals surface area (Å²) in [6, 6.07) is 20.8. The number of hydrogen-bond acceptors (Lipinski definition) is 4. The number of aryl methyl sites for hydroxylation is 1. The van der Waals surface area contributed by atoms with Crippen molar-refractivity contribution in [3.05, 3.63) is 96.1 Å². The predicted octanol–water partition coefficient (Wildman–Crippen LogP) is 4.86. The number of hydrogen-bond donors (Lipinski definition) is 1. The summed E-state index contributed by atoms with van der Waals surface area (Å²) in [7, 11) is 0. The van der Waals surface area contributed by atoms with Crippen LogP contribution in [0.25, 0.3) is 5.69 Å². The van der Waals surface area contributed by atoms with Gasteiger partial charge in [-0.3, -0.25) is 9.78 Å². The van der Waals surface area contributed by atoms with E-state index in [1.807, 2.05) is 85.3 Å². The Balaban J connectivity index is 1.42. The second-order valence-corrected chi connectivity index (χ2v) is 6.94. The highest BCUT2D eigenvalue weighted by molar-refractivity contribution is 5.92. The molecule has 1 amide bonds. The van der Waals surface area contributed by atoms with E-state index in [1.165, 1.54) is 0 Å². The van der Waals surface area contributed by atoms with Crippen molar-refractivity contribution in [2.45, 2.75) is 20.3 Å². The molecule has 0 aliphatic carbocycles. The fraction of sp³-hybridized carbons (Fsp3) is 0.125. The van der Waals surface area contributed by atoms with E-state index in [0.717, 1.165) is 22.6 Å². The molecule has 0 saturated heterocycles. The highest BCUT2D eigenvalue weighted by atomic mass is 16.5. The minimum atomic E-state index is -0.0882. The van der Waals surface area contributed by atoms with E-state index in [1.54, 1.807) is 12.4 Å². The van der Waals surface area contributed by atoms with Crippen LogP contribution in [0.15, 0.2) is 79.1 Å². The molecule has 6 nitrogen and oxygen atoms in total. The molecule has 0 aliphatic rings. The number of benzene rings is 2. The Morgan fingerprint density at radius 1 is 0.967 bits per heavy atom. The molecule has 150 valence electrons. The molecule has 1 N–H and O–H groups in total. The standard InChI is InChI=1S/C24H22N4O2/c1-17-23(18(2)28(27-17)20-7-4-3-5-8-20)15-24(29)26-19-10-12-21(13-11-19)30-22-9-6-14-25-16-22/h3-14,16H,15H2,1-2H3,(H,26,29). The van der Waals surface area contributed by atoms with E-state index in [9.17, 15) is 4.79 Å². The molecule has 0 spiro atoms. The smallest absolute Gasteiger partial charge is 0.228 e. The number of rotatable bonds is 6. The van der Waals surface area contributed by atoms with Gasteiger partial charge in [-0.1, -0.05) is 18.2 Å². The van der Waals surface area contributed by atoms with Gasteiger partial charge in [-0.05, 0) is 62.4 Å². The minimum Gasteiger partial charge on any atom is -0.456 e. The number of nitrogens with zero attached hydrogens (tertiary/aromatic N) is 3. The van der Waals surface area contributed by atoms with Gasteiger partial charge in [0.05, 0.1) is 24.0 Å². The van der Waals surface area contributed by atoms with E-state index in [0.29, 0.717) is 17.2 Å². The summed E-state index contributed by atoms with van der Waals surface area (Å²) in [4.78, 5) is 16.6. The molecule has 30 heavy (non-hydrogen) atoms. The van der Waals surface area contributed by atoms with Crippen molar-refractivity contribution in [3.63, 3.8) is 0 Å². The molecule has 4 aromatic rings. The van der Waals surface area contributed by atoms with Crippen LogP contribution in [0.1, 0.15) is 17.0 Å². The summed E-state index contributed by atoms with van der Waals surface area (Å²) in [6.45, 7) is 3.92. The molecule has 0 unspecified atom stereocenters. The zero-order valence-corrected chi connectivity index (χ0v) is 16.9. The van der Waals surface area contributed by atoms with Crippen LogP contribution in [0.4, 0.5) is 5.69 Å². The predicted molar refractivity (Wildman–Crippen MR) is 116 cm³/mol. The van der Waals surface area contributed by atoms with Crippen LogP contribution in [-0.4, -0.2) is 20.7 Å². The Morgan fingerprint density at radius 3 is 2.43 bits per heavy atom. The minimum absolute atomic E-state index is 0.0882. The first-order valence-corrected chi connectivity index (χ1v) is 9.68. The lowest BCUT2D eigenvalue weighted by Gasteiger charge is -2.08. The molecule has 2 aromatic carbocycles. The van der Waals surface area contributed by atoms with Gasteiger partial charge in [0, 0.05) is 23.1 Å². The number of para-hydroxylation sites is 1. The molecule has 0 atom stereocenters. The number of ether oxygens (including phenoxy) is 1. The highest BCUT2D eigenvalue weighted by Gasteiger charge is 2.16. The Morgan fingerprint density at radius 2 is 1.73 bits per heavy atom. The van der Waals surface area contributed by atoms with Crippen LogP contribution in [0.2, 0.25) is 0 Å². The fourth-order valence-electron chi connectivity index (χ4n) is 3.27. The van der Waals surface area contributed by atoms with Crippen molar-refractivity contribution < 1.29 is 9.53 Å². The lowest BCUT2D eigenvalue weighted by atomic mass is 10.1. The van der Waals surface area contributed by atoms with E-state index in [4.69, 9.17) is 4.74 Å². The summed E-state index contributed by atoms with van der Waals surface area (Å²) >= 11 is 0. The monoisotopic (exact) mass is 398 g/mol. The molecule has 0 aliphatic heterocycles. The second kappa shape index (κ2) is 8.61. The van der Waals surface area contributed by atoms with Crippen LogP contribution in [0.3, 0.4) is 0 Å². The number of nitrogens with one attached hydrogen (secondary N) is 1. The Labute approximate surface area is 175 Å². The van der Waals surface area contributed by atoms with Crippen LogP contribution in [0, 0.1) is 13.8 Å². The third kappa shape index (κ3) is 4.38. The van der Waals surface area contributed by atoms with Gasteiger partial charge in [0.25, 0.3) is 0 Å². The van der Waals surface area contributed by atoms with Gasteiger partial charge in [-0.2, -0.15) is 5.10 Å². The average Bonchev–Trinajstić information content (AvgIpc) is 3.05. The highest BCUT2D eigenvalue weighted by Crippen LogP contribution is 2.23. The third-order valence-corrected chi connectivity index (χ3v) is 4.79. The van der Waals surface area contributed by atoms with Gasteiger partial charge in [-0.25, -0.2) is 4.68 Å². The van der Waals surface area contributed by atoms with Crippen molar-refractivity contribution in [3.8, 4) is 17.2 Å². The van der Waals surface area contributed by atoms with E-state index >= 15 is 0 Å². The van der Waals surface area contributed by atoms with Crippen molar-refractivity contribution in [2.24, 2.45) is 0 Å². The summed E-state index contributed by atoms with van der Waals surface area (Å²) in [5, 5.41) is 7.55. The molecule has 4 rings (SSSR count). The molecule has 0 saturated carbocycles. The van der Waals surface area contributed by atoms with Gasteiger partial charge in [0.1, 0.15) is 11.5 Å². The van der Waals surface area contributed by atoms with Crippen LogP contribution >= 0.6 is 0 Å². The van der Waals surface area contributed by atoms with Crippen molar-refractivity contribution >= 4 is 11.6 Å². The number of amides is 1. The van der Waals surface area contributed by atoms with Crippen LogP contribution in [0.5, 0.6) is 11.5 Å². The van der Waals surface area contributed by atoms with Gasteiger partial charge < -0.3 is 10.1 Å². The SMILES string of the molecule is Cc1nn(-c2ccccc2)c(C)c1CC(=O)Nc1ccc(Oc2cccnc2)cc1. The van der Waals surface area contributed by atoms with Gasteiger partial charge in [0.2, 0.25) is 5.91 Å². The molecule has 0 bridgehead atoms. The Kier molecular flexibility index (Phi) is 5.57. The third-order valence-electron chi connectivity index (χ3n) is 4.79. The lowest BCUT2D eigenvalue weighted by Crippen LogP contribution is -2.15. The van der Waals surface area contributed by atoms with Crippen LogP contribution in [-0.2, 0) is 11.2 Å². The molecule has 0 radical (unpaired) electrons. The first-order valence-electron chi connectivity index (χ1n) is 9.68. The van der Waals surface area contributed by atoms with Gasteiger partial charge in [0.15, 0.2) is 0 Å². The van der Waals surface area contributed by atoms with Gasteiger partial charge in [-0.15, -0.1) is 0 Å². The maximum atomic E-state index is 12.6. The molecule has 0 fully saturated rings. The van der Waals surface area contributed by atoms with Crippen molar-refractivity contribution in [1.82, 2.24) is 14.8 Å². The summed E-state index contributed by atoms with van der Waals surface area (Å²) in [5.74, 6) is 1.25. The summed E-state index contributed by atoms with van der Waals surface area (Å²) in [6.07, 6.45) is 3.60. The largest absolute Gasteiger partial charge is 0.456 e. The van der Waals surface area contributed by atoms with Crippen LogP contribution < -0.4 is 10.1 Å². The fourth-order valence-corrected chi connectivity index (χ4v) is 3.27. The summed E-state index contributed by atoms with van der Waals surface area (Å²) in [5.41, 5.74) is 4.45. The molecular formula is C24H22N4O2. The molecule has 6 heteroatoms. The second-order valence-electron chi connectivity index (χ2n) is 6.94. The zero-order valence-electron chi connectivity index (χ0n) is 16.9. The van der Waals surface area contributed by atoms with Gasteiger partial charge >= 0.3 is 0 Å². The first-order chi connectivity index (χ1) is 14.6. The number of anilines is 1. The number of carbonyl (C=O) groups is 1. The summed E-state index contributed by atoms with van der Waals surface area (Å²) < 4.78 is 7.60. The molecule has 2 heterocycles. The van der Waals surface area contributed by atoms with E-state index < -0.39 is 0 Å². The topological polar surface area (TPSA) is 69.0 Å². The number of aromatic nitrogens is 3. The number of pyridine rings is 1. The van der Waals surface area contributed by atoms with Crippen molar-refractivity contribution in [1.29, 1.82) is 0 Å².